The molecule has 0 atom stereocenters. The first kappa shape index (κ1) is 15.5. The molecule has 0 saturated carbocycles. The monoisotopic (exact) mass is 283 g/mol. The summed E-state index contributed by atoms with van der Waals surface area (Å²) in [6.07, 6.45) is 7.64. The number of nitrogens with two attached hydrogens (primary N) is 1. The van der Waals surface area contributed by atoms with Crippen molar-refractivity contribution in [3.05, 3.63) is 54.0 Å². The van der Waals surface area contributed by atoms with Crippen molar-refractivity contribution in [2.45, 2.75) is 51.4 Å². The van der Waals surface area contributed by atoms with Gasteiger partial charge in [0.05, 0.1) is 0 Å². The summed E-state index contributed by atoms with van der Waals surface area (Å²) < 4.78 is 0. The second-order valence-electron chi connectivity index (χ2n) is 6.95. The lowest BCUT2D eigenvalue weighted by molar-refractivity contribution is 0.374. The number of anilines is 1. The smallest absolute Gasteiger partial charge is 0.127 e. The fraction of sp³-hybridized carbons (Fsp3) is 0.444. The molecule has 0 aliphatic heterocycles. The van der Waals surface area contributed by atoms with Crippen LogP contribution in [-0.2, 0) is 10.8 Å². The van der Waals surface area contributed by atoms with Gasteiger partial charge in [-0.05, 0) is 46.9 Å². The predicted molar refractivity (Wildman–Crippen MR) is 88.2 cm³/mol. The van der Waals surface area contributed by atoms with E-state index in [1.165, 1.54) is 5.56 Å². The Morgan fingerprint density at radius 2 is 1.62 bits per heavy atom. The highest BCUT2D eigenvalue weighted by molar-refractivity contribution is 5.43. The van der Waals surface area contributed by atoms with E-state index in [0.717, 1.165) is 18.4 Å². The van der Waals surface area contributed by atoms with Crippen molar-refractivity contribution in [3.63, 3.8) is 0 Å². The normalized spacial score (nSPS) is 12.4. The Morgan fingerprint density at radius 1 is 0.952 bits per heavy atom. The Labute approximate surface area is 127 Å². The summed E-state index contributed by atoms with van der Waals surface area (Å²) in [7, 11) is 0. The van der Waals surface area contributed by atoms with Gasteiger partial charge >= 0.3 is 0 Å². The largest absolute Gasteiger partial charge is 0.383 e. The Bertz CT molecular complexity index is 588. The third-order valence-electron chi connectivity index (χ3n) is 4.39. The minimum absolute atomic E-state index is 0.0117. The minimum Gasteiger partial charge on any atom is -0.383 e. The van der Waals surface area contributed by atoms with Gasteiger partial charge in [-0.25, -0.2) is 4.98 Å². The van der Waals surface area contributed by atoms with Gasteiger partial charge in [0, 0.05) is 18.6 Å². The van der Waals surface area contributed by atoms with Crippen LogP contribution in [0.3, 0.4) is 0 Å². The van der Waals surface area contributed by atoms with Gasteiger partial charge in [0.25, 0.3) is 0 Å². The maximum atomic E-state index is 6.04. The van der Waals surface area contributed by atoms with Crippen molar-refractivity contribution in [1.29, 1.82) is 0 Å². The first-order chi connectivity index (χ1) is 9.83. The summed E-state index contributed by atoms with van der Waals surface area (Å²) in [5.41, 5.74) is 8.56. The first-order valence-corrected chi connectivity index (χ1v) is 7.44. The van der Waals surface area contributed by atoms with Crippen LogP contribution in [0.5, 0.6) is 0 Å². The minimum atomic E-state index is 0.0117. The second-order valence-corrected chi connectivity index (χ2v) is 6.95. The quantitative estimate of drug-likeness (QED) is 0.899. The molecule has 0 amide bonds. The highest BCUT2D eigenvalue weighted by Crippen LogP contribution is 2.37. The fourth-order valence-corrected chi connectivity index (χ4v) is 2.66. The van der Waals surface area contributed by atoms with Gasteiger partial charge in [-0.2, -0.15) is 0 Å². The highest BCUT2D eigenvalue weighted by Gasteiger charge is 2.28. The number of nitrogens with zero attached hydrogens (tertiary/aromatic N) is 2. The van der Waals surface area contributed by atoms with Crippen LogP contribution in [0.1, 0.15) is 51.7 Å². The van der Waals surface area contributed by atoms with E-state index < -0.39 is 0 Å². The summed E-state index contributed by atoms with van der Waals surface area (Å²) in [6, 6.07) is 8.19. The number of nitrogen functional groups attached to an aromatic ring is 1. The van der Waals surface area contributed by atoms with E-state index in [9.17, 15) is 0 Å². The zero-order valence-corrected chi connectivity index (χ0v) is 13.4. The molecule has 0 saturated heterocycles. The maximum absolute atomic E-state index is 6.04. The van der Waals surface area contributed by atoms with E-state index in [4.69, 9.17) is 5.73 Å². The molecular formula is C18H25N3. The summed E-state index contributed by atoms with van der Waals surface area (Å²) in [6.45, 7) is 9.01. The summed E-state index contributed by atoms with van der Waals surface area (Å²) in [5.74, 6) is 0.640. The average Bonchev–Trinajstić information content (AvgIpc) is 2.47. The van der Waals surface area contributed by atoms with Crippen molar-refractivity contribution < 1.29 is 0 Å². The number of hydrogen-bond acceptors (Lipinski definition) is 3. The molecule has 2 N–H and O–H groups in total. The van der Waals surface area contributed by atoms with E-state index in [-0.39, 0.29) is 10.8 Å². The Balaban J connectivity index is 2.13. The zero-order valence-electron chi connectivity index (χ0n) is 13.4. The fourth-order valence-electron chi connectivity index (χ4n) is 2.66. The first-order valence-electron chi connectivity index (χ1n) is 7.44. The Morgan fingerprint density at radius 3 is 2.24 bits per heavy atom. The average molecular weight is 283 g/mol. The molecule has 2 aromatic heterocycles. The molecule has 2 aromatic rings. The third kappa shape index (κ3) is 3.60. The van der Waals surface area contributed by atoms with Gasteiger partial charge in [0.1, 0.15) is 5.82 Å². The third-order valence-corrected chi connectivity index (χ3v) is 4.39. The lowest BCUT2D eigenvalue weighted by atomic mass is 9.73. The van der Waals surface area contributed by atoms with Gasteiger partial charge in [-0.1, -0.05) is 39.8 Å². The molecule has 3 heteroatoms. The van der Waals surface area contributed by atoms with Crippen LogP contribution in [-0.4, -0.2) is 9.97 Å². The summed E-state index contributed by atoms with van der Waals surface area (Å²) in [4.78, 5) is 8.45. The number of aromatic nitrogens is 2. The maximum Gasteiger partial charge on any atom is 0.127 e. The molecule has 0 radical (unpaired) electrons. The molecular weight excluding hydrogens is 258 g/mol. The van der Waals surface area contributed by atoms with E-state index in [2.05, 4.69) is 49.8 Å². The Kier molecular flexibility index (Phi) is 4.31. The summed E-state index contributed by atoms with van der Waals surface area (Å²) in [5, 5.41) is 0. The van der Waals surface area contributed by atoms with Crippen LogP contribution in [0.15, 0.2) is 42.9 Å². The lowest BCUT2D eigenvalue weighted by Gasteiger charge is -2.32. The predicted octanol–water partition coefficient (Wildman–Crippen LogP) is 4.09. The van der Waals surface area contributed by atoms with Crippen LogP contribution >= 0.6 is 0 Å². The van der Waals surface area contributed by atoms with Crippen LogP contribution in [0, 0.1) is 0 Å². The molecule has 0 aliphatic carbocycles. The summed E-state index contributed by atoms with van der Waals surface area (Å²) >= 11 is 0. The van der Waals surface area contributed by atoms with Gasteiger partial charge < -0.3 is 5.73 Å². The number of rotatable bonds is 5. The van der Waals surface area contributed by atoms with Crippen LogP contribution in [0.25, 0.3) is 0 Å². The topological polar surface area (TPSA) is 51.8 Å². The van der Waals surface area contributed by atoms with Gasteiger partial charge in [0.15, 0.2) is 0 Å². The van der Waals surface area contributed by atoms with Crippen LogP contribution in [0.4, 0.5) is 5.82 Å². The number of pyridine rings is 2. The number of hydrogen-bond donors (Lipinski definition) is 1. The standard InChI is InChI=1S/C18H25N3/c1-17(2,14-7-5-11-20-13-14)9-10-18(3,4)15-8-6-12-21-16(15)19/h5-8,11-13H,9-10H2,1-4H3,(H2,19,21). The van der Waals surface area contributed by atoms with Gasteiger partial charge in [0.2, 0.25) is 0 Å². The second kappa shape index (κ2) is 5.84. The molecule has 112 valence electrons. The molecule has 21 heavy (non-hydrogen) atoms. The van der Waals surface area contributed by atoms with E-state index in [1.54, 1.807) is 6.20 Å². The van der Waals surface area contributed by atoms with Crippen molar-refractivity contribution in [3.8, 4) is 0 Å². The van der Waals surface area contributed by atoms with Gasteiger partial charge in [-0.15, -0.1) is 0 Å². The molecule has 0 aliphatic rings. The van der Waals surface area contributed by atoms with E-state index in [0.29, 0.717) is 5.82 Å². The van der Waals surface area contributed by atoms with Crippen molar-refractivity contribution in [2.75, 3.05) is 5.73 Å². The SMILES string of the molecule is CC(C)(CCC(C)(C)c1cccnc1N)c1cccnc1. The Hall–Kier alpha value is -1.90. The van der Waals surface area contributed by atoms with E-state index >= 15 is 0 Å². The molecule has 0 aromatic carbocycles. The van der Waals surface area contributed by atoms with Gasteiger partial charge in [-0.3, -0.25) is 4.98 Å². The lowest BCUT2D eigenvalue weighted by Crippen LogP contribution is -2.25. The molecule has 0 spiro atoms. The van der Waals surface area contributed by atoms with Crippen molar-refractivity contribution >= 4 is 5.82 Å². The highest BCUT2D eigenvalue weighted by atomic mass is 14.8. The zero-order chi connectivity index (χ0) is 15.5. The van der Waals surface area contributed by atoms with Crippen molar-refractivity contribution in [2.24, 2.45) is 0 Å². The molecule has 0 unspecified atom stereocenters. The van der Waals surface area contributed by atoms with Crippen LogP contribution < -0.4 is 5.73 Å². The molecule has 0 fully saturated rings. The molecule has 0 bridgehead atoms. The van der Waals surface area contributed by atoms with Crippen molar-refractivity contribution in [1.82, 2.24) is 9.97 Å². The molecule has 3 nitrogen and oxygen atoms in total. The molecule has 2 rings (SSSR count). The molecule has 2 heterocycles. The van der Waals surface area contributed by atoms with Crippen LogP contribution in [0.2, 0.25) is 0 Å². The van der Waals surface area contributed by atoms with E-state index in [1.807, 2.05) is 24.5 Å².